The molecule has 0 saturated heterocycles. The van der Waals surface area contributed by atoms with Gasteiger partial charge in [-0.3, -0.25) is 0 Å². The summed E-state index contributed by atoms with van der Waals surface area (Å²) >= 11 is 0. The molecule has 0 amide bonds. The Hall–Kier alpha value is -10.3. The summed E-state index contributed by atoms with van der Waals surface area (Å²) in [5.41, 5.74) is 20.3. The van der Waals surface area contributed by atoms with E-state index in [1.807, 2.05) is 18.2 Å². The normalized spacial score (nSPS) is 11.4. The molecule has 0 radical (unpaired) electrons. The first-order valence-electron chi connectivity index (χ1n) is 27.7. The Balaban J connectivity index is 0.000000289. The summed E-state index contributed by atoms with van der Waals surface area (Å²) in [4.78, 5) is 0. The summed E-state index contributed by atoms with van der Waals surface area (Å²) in [6.07, 6.45) is 9.05. The van der Waals surface area contributed by atoms with Gasteiger partial charge in [-0.25, -0.2) is 0 Å². The van der Waals surface area contributed by atoms with E-state index in [0.717, 1.165) is 28.1 Å². The number of fused-ring (bicyclic) bond motifs is 10. The van der Waals surface area contributed by atoms with E-state index in [2.05, 4.69) is 299 Å². The first kappa shape index (κ1) is 51.5. The molecule has 2 heteroatoms. The van der Waals surface area contributed by atoms with E-state index in [1.54, 1.807) is 12.2 Å². The SMILES string of the molecule is C=C/C=C(\C=C)c1ccc(-n2c3ccccc3c3cc(-c4cc(-c5ccc(C)c(-c6ccccc6C)c5)cc(-n5c6ccccc6c6ccccc65)c4)ccc32)c2ccccc12.C=CC=C.Cc1ccc2c(ccc3ccccc32)c1. The minimum Gasteiger partial charge on any atom is -0.309 e. The lowest BCUT2D eigenvalue weighted by atomic mass is 9.91. The number of benzene rings is 12. The Morgan fingerprint density at radius 3 is 1.53 bits per heavy atom. The van der Waals surface area contributed by atoms with Crippen LogP contribution in [-0.4, -0.2) is 9.13 Å². The maximum absolute atomic E-state index is 4.12. The minimum absolute atomic E-state index is 1.05. The molecule has 14 aromatic rings. The number of aryl methyl sites for hydroxylation is 3. The number of allylic oxidation sites excluding steroid dienone is 6. The summed E-state index contributed by atoms with van der Waals surface area (Å²) in [6.45, 7) is 21.4. The number of hydrogen-bond donors (Lipinski definition) is 0. The lowest BCUT2D eigenvalue weighted by Gasteiger charge is -2.16. The van der Waals surface area contributed by atoms with Crippen LogP contribution in [0, 0.1) is 20.8 Å². The van der Waals surface area contributed by atoms with Gasteiger partial charge in [0.25, 0.3) is 0 Å². The van der Waals surface area contributed by atoms with Gasteiger partial charge < -0.3 is 9.13 Å². The lowest BCUT2D eigenvalue weighted by Crippen LogP contribution is -1.97. The van der Waals surface area contributed by atoms with Gasteiger partial charge in [-0.05, 0) is 164 Å². The average molecular weight is 1040 g/mol. The molecule has 0 aliphatic heterocycles. The van der Waals surface area contributed by atoms with Crippen molar-refractivity contribution in [3.8, 4) is 44.8 Å². The third kappa shape index (κ3) is 9.58. The van der Waals surface area contributed by atoms with Crippen molar-refractivity contribution in [2.24, 2.45) is 0 Å². The van der Waals surface area contributed by atoms with Crippen LogP contribution in [0.2, 0.25) is 0 Å². The molecule has 2 heterocycles. The fraction of sp³-hybridized carbons (Fsp3) is 0.0380. The molecule has 14 rings (SSSR count). The van der Waals surface area contributed by atoms with Gasteiger partial charge >= 0.3 is 0 Å². The Morgan fingerprint density at radius 2 is 0.864 bits per heavy atom. The second kappa shape index (κ2) is 22.2. The molecule has 0 aliphatic rings. The Kier molecular flexibility index (Phi) is 14.1. The van der Waals surface area contributed by atoms with E-state index in [0.29, 0.717) is 0 Å². The van der Waals surface area contributed by atoms with Crippen LogP contribution in [0.4, 0.5) is 0 Å². The zero-order valence-corrected chi connectivity index (χ0v) is 46.2. The number of aromatic nitrogens is 2. The number of nitrogens with zero attached hydrogens (tertiary/aromatic N) is 2. The van der Waals surface area contributed by atoms with Gasteiger partial charge in [-0.15, -0.1) is 0 Å². The Morgan fingerprint density at radius 1 is 0.333 bits per heavy atom. The smallest absolute Gasteiger partial charge is 0.0541 e. The molecule has 0 spiro atoms. The molecule has 81 heavy (non-hydrogen) atoms. The van der Waals surface area contributed by atoms with Crippen molar-refractivity contribution in [1.82, 2.24) is 9.13 Å². The fourth-order valence-electron chi connectivity index (χ4n) is 11.9. The minimum atomic E-state index is 1.05. The molecule has 0 saturated carbocycles. The Bertz CT molecular complexity index is 4760. The molecule has 0 bridgehead atoms. The van der Waals surface area contributed by atoms with Crippen LogP contribution in [0.1, 0.15) is 22.3 Å². The van der Waals surface area contributed by atoms with E-state index < -0.39 is 0 Å². The highest BCUT2D eigenvalue weighted by molar-refractivity contribution is 6.13. The van der Waals surface area contributed by atoms with Crippen LogP contribution in [-0.2, 0) is 0 Å². The predicted octanol–water partition coefficient (Wildman–Crippen LogP) is 22.1. The fourth-order valence-corrected chi connectivity index (χ4v) is 11.9. The standard InChI is InChI=1S/C60H44N2.C15H12.C4H6/c1-5-17-41(6-2)48-31-33-59(50-21-10-9-20-49(48)50)62-58-27-16-13-24-53(58)55-38-43(30-32-60(55)62)45-34-44(42-29-28-40(4)54(37-42)47-19-8-7-18-39(47)3)35-46(36-45)61-56-25-14-11-22-51(56)52-23-12-15-26-57(52)61;1-11-6-9-15-13(10-11)8-7-12-4-2-3-5-14(12)15;1-3-4-2/h5-38H,1-2H2,3-4H3;2-10H,1H3;3-4H,1-2H2/b41-17+;;. The van der Waals surface area contributed by atoms with Crippen LogP contribution < -0.4 is 0 Å². The van der Waals surface area contributed by atoms with E-state index in [9.17, 15) is 0 Å². The lowest BCUT2D eigenvalue weighted by molar-refractivity contribution is 1.18. The third-order valence-corrected chi connectivity index (χ3v) is 15.8. The molecule has 0 unspecified atom stereocenters. The van der Waals surface area contributed by atoms with Gasteiger partial charge in [-0.1, -0.05) is 244 Å². The number of rotatable bonds is 9. The van der Waals surface area contributed by atoms with Crippen molar-refractivity contribution < 1.29 is 0 Å². The van der Waals surface area contributed by atoms with Gasteiger partial charge in [0.2, 0.25) is 0 Å². The second-order valence-corrected chi connectivity index (χ2v) is 20.8. The maximum Gasteiger partial charge on any atom is 0.0541 e. The van der Waals surface area contributed by atoms with E-state index in [1.165, 1.54) is 120 Å². The highest BCUT2D eigenvalue weighted by atomic mass is 15.0. The molecule has 0 atom stereocenters. The van der Waals surface area contributed by atoms with Crippen LogP contribution in [0.15, 0.2) is 299 Å². The van der Waals surface area contributed by atoms with Crippen molar-refractivity contribution >= 4 is 81.5 Å². The molecule has 2 nitrogen and oxygen atoms in total. The average Bonchev–Trinajstić information content (AvgIpc) is 4.23. The van der Waals surface area contributed by atoms with Crippen molar-refractivity contribution in [3.63, 3.8) is 0 Å². The van der Waals surface area contributed by atoms with Crippen molar-refractivity contribution in [1.29, 1.82) is 0 Å². The molecule has 2 aromatic heterocycles. The van der Waals surface area contributed by atoms with Gasteiger partial charge in [0.1, 0.15) is 0 Å². The van der Waals surface area contributed by atoms with Crippen LogP contribution in [0.25, 0.3) is 126 Å². The highest BCUT2D eigenvalue weighted by Crippen LogP contribution is 2.42. The maximum atomic E-state index is 4.12. The monoisotopic (exact) mass is 1040 g/mol. The molecular weight excluding hydrogens is 977 g/mol. The zero-order chi connectivity index (χ0) is 55.6. The van der Waals surface area contributed by atoms with E-state index in [-0.39, 0.29) is 0 Å². The van der Waals surface area contributed by atoms with Gasteiger partial charge in [0, 0.05) is 32.6 Å². The predicted molar refractivity (Wildman–Crippen MR) is 353 cm³/mol. The number of para-hydroxylation sites is 3. The molecule has 388 valence electrons. The van der Waals surface area contributed by atoms with E-state index in [4.69, 9.17) is 0 Å². The zero-order valence-electron chi connectivity index (χ0n) is 46.2. The molecular formula is C79H62N2. The van der Waals surface area contributed by atoms with Crippen LogP contribution in [0.5, 0.6) is 0 Å². The van der Waals surface area contributed by atoms with Gasteiger partial charge in [0.05, 0.1) is 27.8 Å². The third-order valence-electron chi connectivity index (χ3n) is 15.8. The van der Waals surface area contributed by atoms with Crippen LogP contribution in [0.3, 0.4) is 0 Å². The first-order chi connectivity index (χ1) is 39.8. The number of hydrogen-bond acceptors (Lipinski definition) is 0. The van der Waals surface area contributed by atoms with Gasteiger partial charge in [-0.2, -0.15) is 0 Å². The van der Waals surface area contributed by atoms with Gasteiger partial charge in [0.15, 0.2) is 0 Å². The second-order valence-electron chi connectivity index (χ2n) is 20.8. The summed E-state index contributed by atoms with van der Waals surface area (Å²) in [5.74, 6) is 0. The van der Waals surface area contributed by atoms with Crippen molar-refractivity contribution in [3.05, 3.63) is 322 Å². The summed E-state index contributed by atoms with van der Waals surface area (Å²) in [5, 5.41) is 12.6. The quantitative estimate of drug-likeness (QED) is 0.101. The topological polar surface area (TPSA) is 9.86 Å². The highest BCUT2D eigenvalue weighted by Gasteiger charge is 2.19. The Labute approximate surface area is 475 Å². The molecule has 12 aromatic carbocycles. The van der Waals surface area contributed by atoms with Crippen molar-refractivity contribution in [2.75, 3.05) is 0 Å². The summed E-state index contributed by atoms with van der Waals surface area (Å²) in [6, 6.07) is 88.8. The molecule has 0 fully saturated rings. The molecule has 0 N–H and O–H groups in total. The van der Waals surface area contributed by atoms with Crippen molar-refractivity contribution in [2.45, 2.75) is 20.8 Å². The van der Waals surface area contributed by atoms with Crippen LogP contribution >= 0.6 is 0 Å². The summed E-state index contributed by atoms with van der Waals surface area (Å²) < 4.78 is 4.88. The van der Waals surface area contributed by atoms with E-state index >= 15 is 0 Å². The largest absolute Gasteiger partial charge is 0.309 e. The first-order valence-corrected chi connectivity index (χ1v) is 27.7. The summed E-state index contributed by atoms with van der Waals surface area (Å²) in [7, 11) is 0. The molecule has 0 aliphatic carbocycles.